The minimum absolute atomic E-state index is 0.547. The molecule has 2 aliphatic carbocycles. The van der Waals surface area contributed by atoms with Gasteiger partial charge < -0.3 is 0 Å². The van der Waals surface area contributed by atoms with E-state index in [-0.39, 0.29) is 0 Å². The molecule has 0 bridgehead atoms. The number of nitrogens with two attached hydrogens (primary N) is 1. The molecule has 2 unspecified atom stereocenters. The smallest absolute Gasteiger partial charge is 0.0246 e. The molecule has 0 amide bonds. The topological polar surface area (TPSA) is 38.0 Å². The second kappa shape index (κ2) is 4.42. The number of hydrogen-bond donors (Lipinski definition) is 2. The standard InChI is InChI=1S/C13H26N2/c1-13(2)9-11(13)12(15-14)8-10-6-4-3-5-7-10/h10-12,15H,3-9,14H2,1-2H3. The molecule has 0 aromatic rings. The average Bonchev–Trinajstić information content (AvgIpc) is 2.86. The summed E-state index contributed by atoms with van der Waals surface area (Å²) in [5.74, 6) is 7.47. The second-order valence-corrected chi connectivity index (χ2v) is 6.31. The van der Waals surface area contributed by atoms with E-state index in [9.17, 15) is 0 Å². The van der Waals surface area contributed by atoms with Crippen LogP contribution in [0.25, 0.3) is 0 Å². The summed E-state index contributed by atoms with van der Waals surface area (Å²) >= 11 is 0. The zero-order valence-electron chi connectivity index (χ0n) is 10.3. The highest BCUT2D eigenvalue weighted by atomic mass is 15.2. The first kappa shape index (κ1) is 11.4. The summed E-state index contributed by atoms with van der Waals surface area (Å²) in [6.45, 7) is 4.73. The summed E-state index contributed by atoms with van der Waals surface area (Å²) in [5, 5.41) is 0. The van der Waals surface area contributed by atoms with Gasteiger partial charge in [-0.1, -0.05) is 46.0 Å². The summed E-state index contributed by atoms with van der Waals surface area (Å²) in [4.78, 5) is 0. The second-order valence-electron chi connectivity index (χ2n) is 6.31. The Labute approximate surface area is 94.0 Å². The highest BCUT2D eigenvalue weighted by Crippen LogP contribution is 2.54. The molecule has 0 radical (unpaired) electrons. The van der Waals surface area contributed by atoms with Crippen LogP contribution in [0, 0.1) is 17.3 Å². The van der Waals surface area contributed by atoms with Crippen molar-refractivity contribution in [1.29, 1.82) is 0 Å². The summed E-state index contributed by atoms with van der Waals surface area (Å²) in [7, 11) is 0. The van der Waals surface area contributed by atoms with Crippen LogP contribution in [0.4, 0.5) is 0 Å². The van der Waals surface area contributed by atoms with Crippen molar-refractivity contribution in [3.8, 4) is 0 Å². The third kappa shape index (κ3) is 2.73. The van der Waals surface area contributed by atoms with Crippen molar-refractivity contribution in [2.75, 3.05) is 0 Å². The van der Waals surface area contributed by atoms with Crippen LogP contribution in [0.5, 0.6) is 0 Å². The molecule has 2 rings (SSSR count). The van der Waals surface area contributed by atoms with Gasteiger partial charge in [-0.15, -0.1) is 0 Å². The minimum atomic E-state index is 0.547. The first-order valence-electron chi connectivity index (χ1n) is 6.59. The molecule has 0 aliphatic heterocycles. The van der Waals surface area contributed by atoms with Gasteiger partial charge in [-0.3, -0.25) is 11.3 Å². The van der Waals surface area contributed by atoms with Gasteiger partial charge in [0.15, 0.2) is 0 Å². The number of hydrazine groups is 1. The van der Waals surface area contributed by atoms with Crippen molar-refractivity contribution in [3.05, 3.63) is 0 Å². The fourth-order valence-corrected chi connectivity index (χ4v) is 3.33. The van der Waals surface area contributed by atoms with Gasteiger partial charge in [0.25, 0.3) is 0 Å². The Morgan fingerprint density at radius 2 is 1.87 bits per heavy atom. The first-order chi connectivity index (χ1) is 7.13. The third-order valence-corrected chi connectivity index (χ3v) is 4.60. The van der Waals surface area contributed by atoms with Gasteiger partial charge in [-0.05, 0) is 30.1 Å². The lowest BCUT2D eigenvalue weighted by Gasteiger charge is -2.27. The van der Waals surface area contributed by atoms with E-state index in [0.717, 1.165) is 11.8 Å². The maximum absolute atomic E-state index is 5.70. The summed E-state index contributed by atoms with van der Waals surface area (Å²) in [6.07, 6.45) is 9.87. The molecule has 2 heteroatoms. The van der Waals surface area contributed by atoms with Crippen molar-refractivity contribution < 1.29 is 0 Å². The maximum Gasteiger partial charge on any atom is 0.0246 e. The largest absolute Gasteiger partial charge is 0.271 e. The van der Waals surface area contributed by atoms with Crippen molar-refractivity contribution in [3.63, 3.8) is 0 Å². The lowest BCUT2D eigenvalue weighted by Crippen LogP contribution is -2.39. The summed E-state index contributed by atoms with van der Waals surface area (Å²) in [6, 6.07) is 0.572. The van der Waals surface area contributed by atoms with Crippen LogP contribution in [0.2, 0.25) is 0 Å². The Morgan fingerprint density at radius 3 is 2.33 bits per heavy atom. The van der Waals surface area contributed by atoms with Crippen LogP contribution in [-0.2, 0) is 0 Å². The van der Waals surface area contributed by atoms with Gasteiger partial charge in [-0.2, -0.15) is 0 Å². The molecule has 2 fully saturated rings. The third-order valence-electron chi connectivity index (χ3n) is 4.60. The molecule has 0 spiro atoms. The van der Waals surface area contributed by atoms with E-state index in [2.05, 4.69) is 19.3 Å². The normalized spacial score (nSPS) is 32.6. The molecule has 0 aromatic heterocycles. The Hall–Kier alpha value is -0.0800. The molecule has 2 aliphatic rings. The molecule has 0 saturated heterocycles. The minimum Gasteiger partial charge on any atom is -0.271 e. The molecule has 3 N–H and O–H groups in total. The van der Waals surface area contributed by atoms with Crippen molar-refractivity contribution in [2.24, 2.45) is 23.1 Å². The summed E-state index contributed by atoms with van der Waals surface area (Å²) in [5.41, 5.74) is 3.61. The van der Waals surface area contributed by atoms with E-state index < -0.39 is 0 Å². The van der Waals surface area contributed by atoms with Gasteiger partial charge in [0, 0.05) is 6.04 Å². The zero-order valence-corrected chi connectivity index (χ0v) is 10.3. The van der Waals surface area contributed by atoms with E-state index in [1.807, 2.05) is 0 Å². The van der Waals surface area contributed by atoms with Gasteiger partial charge >= 0.3 is 0 Å². The van der Waals surface area contributed by atoms with E-state index in [1.165, 1.54) is 44.9 Å². The molecule has 88 valence electrons. The molecule has 15 heavy (non-hydrogen) atoms. The molecule has 0 aromatic carbocycles. The van der Waals surface area contributed by atoms with E-state index in [1.54, 1.807) is 0 Å². The fourth-order valence-electron chi connectivity index (χ4n) is 3.33. The zero-order chi connectivity index (χ0) is 10.9. The number of rotatable bonds is 4. The quantitative estimate of drug-likeness (QED) is 0.553. The molecule has 2 nitrogen and oxygen atoms in total. The van der Waals surface area contributed by atoms with Gasteiger partial charge in [0.05, 0.1) is 0 Å². The lowest BCUT2D eigenvalue weighted by molar-refractivity contribution is 0.273. The van der Waals surface area contributed by atoms with Gasteiger partial charge in [-0.25, -0.2) is 0 Å². The van der Waals surface area contributed by atoms with Gasteiger partial charge in [0.2, 0.25) is 0 Å². The predicted molar refractivity (Wildman–Crippen MR) is 64.2 cm³/mol. The maximum atomic E-state index is 5.70. The van der Waals surface area contributed by atoms with Crippen LogP contribution >= 0.6 is 0 Å². The van der Waals surface area contributed by atoms with Crippen LogP contribution < -0.4 is 11.3 Å². The Bertz CT molecular complexity index is 207. The van der Waals surface area contributed by atoms with E-state index >= 15 is 0 Å². The van der Waals surface area contributed by atoms with Crippen LogP contribution in [0.1, 0.15) is 58.8 Å². The molecule has 0 heterocycles. The SMILES string of the molecule is CC1(C)CC1C(CC1CCCCC1)NN. The first-order valence-corrected chi connectivity index (χ1v) is 6.59. The molecular formula is C13H26N2. The van der Waals surface area contributed by atoms with Crippen molar-refractivity contribution in [1.82, 2.24) is 5.43 Å². The Balaban J connectivity index is 1.80. The molecule has 2 atom stereocenters. The Kier molecular flexibility index (Phi) is 3.36. The summed E-state index contributed by atoms with van der Waals surface area (Å²) < 4.78 is 0. The average molecular weight is 210 g/mol. The lowest BCUT2D eigenvalue weighted by atomic mass is 9.83. The van der Waals surface area contributed by atoms with Crippen LogP contribution in [0.3, 0.4) is 0 Å². The number of nitrogens with one attached hydrogen (secondary N) is 1. The van der Waals surface area contributed by atoms with Crippen molar-refractivity contribution >= 4 is 0 Å². The Morgan fingerprint density at radius 1 is 1.27 bits per heavy atom. The van der Waals surface area contributed by atoms with E-state index in [0.29, 0.717) is 11.5 Å². The van der Waals surface area contributed by atoms with Gasteiger partial charge in [0.1, 0.15) is 0 Å². The van der Waals surface area contributed by atoms with Crippen LogP contribution in [-0.4, -0.2) is 6.04 Å². The van der Waals surface area contributed by atoms with E-state index in [4.69, 9.17) is 5.84 Å². The monoisotopic (exact) mass is 210 g/mol. The van der Waals surface area contributed by atoms with Crippen molar-refractivity contribution in [2.45, 2.75) is 64.8 Å². The fraction of sp³-hybridized carbons (Fsp3) is 1.00. The number of hydrogen-bond acceptors (Lipinski definition) is 2. The molecular weight excluding hydrogens is 184 g/mol. The highest BCUT2D eigenvalue weighted by Gasteiger charge is 2.49. The molecule has 2 saturated carbocycles. The predicted octanol–water partition coefficient (Wildman–Crippen LogP) is 2.83. The highest BCUT2D eigenvalue weighted by molar-refractivity contribution is 5.01. The van der Waals surface area contributed by atoms with Crippen LogP contribution in [0.15, 0.2) is 0 Å².